The van der Waals surface area contributed by atoms with Gasteiger partial charge in [0.2, 0.25) is 5.91 Å². The standard InChI is InChI=1S/C21H22N2O3/c1-3-12-23-18-13-17(9-10-19(18)26-14-21(23)25)22-20(24)11-8-16-6-4-15(2)5-7-16/h4-11,13H,3,12,14H2,1-2H3,(H,22,24)/b11-8+. The van der Waals surface area contributed by atoms with Crippen molar-refractivity contribution in [1.29, 1.82) is 0 Å². The van der Waals surface area contributed by atoms with Crippen LogP contribution in [0.2, 0.25) is 0 Å². The second-order valence-corrected chi connectivity index (χ2v) is 6.25. The Balaban J connectivity index is 1.73. The van der Waals surface area contributed by atoms with Crippen LogP contribution in [0, 0.1) is 6.92 Å². The van der Waals surface area contributed by atoms with Crippen LogP contribution in [-0.2, 0) is 9.59 Å². The maximum atomic E-state index is 12.2. The molecule has 0 fully saturated rings. The number of rotatable bonds is 5. The molecule has 0 radical (unpaired) electrons. The van der Waals surface area contributed by atoms with E-state index in [2.05, 4.69) is 5.32 Å². The highest BCUT2D eigenvalue weighted by molar-refractivity contribution is 6.03. The summed E-state index contributed by atoms with van der Waals surface area (Å²) < 4.78 is 5.47. The third-order valence-corrected chi connectivity index (χ3v) is 4.12. The van der Waals surface area contributed by atoms with Gasteiger partial charge in [0.1, 0.15) is 5.75 Å². The minimum absolute atomic E-state index is 0.0536. The molecule has 2 aromatic carbocycles. The lowest BCUT2D eigenvalue weighted by atomic mass is 10.1. The fourth-order valence-corrected chi connectivity index (χ4v) is 2.78. The number of benzene rings is 2. The van der Waals surface area contributed by atoms with E-state index in [9.17, 15) is 9.59 Å². The van der Waals surface area contributed by atoms with E-state index in [4.69, 9.17) is 4.74 Å². The first-order valence-electron chi connectivity index (χ1n) is 8.70. The zero-order valence-electron chi connectivity index (χ0n) is 15.0. The van der Waals surface area contributed by atoms with Gasteiger partial charge in [0, 0.05) is 18.3 Å². The average Bonchev–Trinajstić information content (AvgIpc) is 2.64. The SMILES string of the molecule is CCCN1C(=O)COc2ccc(NC(=O)/C=C/c3ccc(C)cc3)cc21. The van der Waals surface area contributed by atoms with Crippen LogP contribution in [0.4, 0.5) is 11.4 Å². The van der Waals surface area contributed by atoms with Crippen LogP contribution in [0.5, 0.6) is 5.75 Å². The summed E-state index contributed by atoms with van der Waals surface area (Å²) in [5, 5.41) is 2.83. The Morgan fingerprint density at radius 3 is 2.73 bits per heavy atom. The number of nitrogens with one attached hydrogen (secondary N) is 1. The number of ether oxygens (including phenoxy) is 1. The molecule has 0 saturated carbocycles. The highest BCUT2D eigenvalue weighted by atomic mass is 16.5. The van der Waals surface area contributed by atoms with Crippen molar-refractivity contribution in [3.63, 3.8) is 0 Å². The molecule has 5 heteroatoms. The van der Waals surface area contributed by atoms with Gasteiger partial charge in [0.05, 0.1) is 5.69 Å². The number of nitrogens with zero attached hydrogens (tertiary/aromatic N) is 1. The molecule has 1 aliphatic rings. The van der Waals surface area contributed by atoms with Crippen molar-refractivity contribution < 1.29 is 14.3 Å². The van der Waals surface area contributed by atoms with Crippen LogP contribution in [0.25, 0.3) is 6.08 Å². The molecule has 0 bridgehead atoms. The van der Waals surface area contributed by atoms with Gasteiger partial charge in [-0.05, 0) is 43.2 Å². The molecule has 5 nitrogen and oxygen atoms in total. The molecule has 26 heavy (non-hydrogen) atoms. The number of hydrogen-bond acceptors (Lipinski definition) is 3. The van der Waals surface area contributed by atoms with Gasteiger partial charge >= 0.3 is 0 Å². The van der Waals surface area contributed by atoms with Crippen molar-refractivity contribution in [1.82, 2.24) is 0 Å². The van der Waals surface area contributed by atoms with Crippen LogP contribution >= 0.6 is 0 Å². The molecule has 2 amide bonds. The van der Waals surface area contributed by atoms with Crippen LogP contribution in [-0.4, -0.2) is 25.0 Å². The maximum absolute atomic E-state index is 12.2. The third-order valence-electron chi connectivity index (χ3n) is 4.12. The fourth-order valence-electron chi connectivity index (χ4n) is 2.78. The van der Waals surface area contributed by atoms with E-state index >= 15 is 0 Å². The van der Waals surface area contributed by atoms with Crippen LogP contribution < -0.4 is 15.0 Å². The Hall–Kier alpha value is -3.08. The molecule has 0 spiro atoms. The number of fused-ring (bicyclic) bond motifs is 1. The van der Waals surface area contributed by atoms with Gasteiger partial charge in [-0.25, -0.2) is 0 Å². The molecule has 0 atom stereocenters. The van der Waals surface area contributed by atoms with Crippen molar-refractivity contribution in [2.45, 2.75) is 20.3 Å². The third kappa shape index (κ3) is 4.11. The largest absolute Gasteiger partial charge is 0.482 e. The Bertz CT molecular complexity index is 841. The Kier molecular flexibility index (Phi) is 5.37. The summed E-state index contributed by atoms with van der Waals surface area (Å²) in [7, 11) is 0. The quantitative estimate of drug-likeness (QED) is 0.835. The minimum Gasteiger partial charge on any atom is -0.482 e. The number of carbonyl (C=O) groups is 2. The summed E-state index contributed by atoms with van der Waals surface area (Å²) in [5.41, 5.74) is 3.46. The number of anilines is 2. The summed E-state index contributed by atoms with van der Waals surface area (Å²) in [6.45, 7) is 4.72. The van der Waals surface area contributed by atoms with E-state index in [1.165, 1.54) is 11.6 Å². The lowest BCUT2D eigenvalue weighted by Crippen LogP contribution is -2.39. The van der Waals surface area contributed by atoms with E-state index in [1.54, 1.807) is 29.2 Å². The van der Waals surface area contributed by atoms with Gasteiger partial charge in [-0.3, -0.25) is 9.59 Å². The van der Waals surface area contributed by atoms with E-state index in [0.717, 1.165) is 12.0 Å². The van der Waals surface area contributed by atoms with E-state index in [-0.39, 0.29) is 18.4 Å². The van der Waals surface area contributed by atoms with Gasteiger partial charge < -0.3 is 15.0 Å². The van der Waals surface area contributed by atoms with Crippen LogP contribution in [0.15, 0.2) is 48.5 Å². The number of amides is 2. The first kappa shape index (κ1) is 17.7. The van der Waals surface area contributed by atoms with Gasteiger partial charge in [0.25, 0.3) is 5.91 Å². The first-order chi connectivity index (χ1) is 12.6. The van der Waals surface area contributed by atoms with E-state index in [1.807, 2.05) is 38.1 Å². The molecule has 134 valence electrons. The second kappa shape index (κ2) is 7.87. The Morgan fingerprint density at radius 2 is 2.00 bits per heavy atom. The minimum atomic E-state index is -0.226. The van der Waals surface area contributed by atoms with Gasteiger partial charge in [0.15, 0.2) is 6.61 Å². The molecule has 1 N–H and O–H groups in total. The highest BCUT2D eigenvalue weighted by Crippen LogP contribution is 2.34. The predicted octanol–water partition coefficient (Wildman–Crippen LogP) is 3.78. The van der Waals surface area contributed by atoms with Crippen molar-refractivity contribution in [2.24, 2.45) is 0 Å². The zero-order valence-corrected chi connectivity index (χ0v) is 15.0. The molecule has 1 aliphatic heterocycles. The fraction of sp³-hybridized carbons (Fsp3) is 0.238. The zero-order chi connectivity index (χ0) is 18.5. The molecule has 2 aromatic rings. The van der Waals surface area contributed by atoms with Gasteiger partial charge in [-0.15, -0.1) is 0 Å². The van der Waals surface area contributed by atoms with Crippen molar-refractivity contribution in [3.05, 3.63) is 59.7 Å². The highest BCUT2D eigenvalue weighted by Gasteiger charge is 2.25. The van der Waals surface area contributed by atoms with E-state index in [0.29, 0.717) is 23.7 Å². The van der Waals surface area contributed by atoms with Crippen LogP contribution in [0.3, 0.4) is 0 Å². The number of aryl methyl sites for hydroxylation is 1. The van der Waals surface area contributed by atoms with Crippen LogP contribution in [0.1, 0.15) is 24.5 Å². The van der Waals surface area contributed by atoms with Crippen molar-refractivity contribution in [2.75, 3.05) is 23.4 Å². The molecule has 1 heterocycles. The Morgan fingerprint density at radius 1 is 1.23 bits per heavy atom. The molecule has 3 rings (SSSR count). The number of hydrogen-bond donors (Lipinski definition) is 1. The second-order valence-electron chi connectivity index (χ2n) is 6.25. The summed E-state index contributed by atoms with van der Waals surface area (Å²) in [6.07, 6.45) is 4.11. The first-order valence-corrected chi connectivity index (χ1v) is 8.70. The molecule has 0 unspecified atom stereocenters. The summed E-state index contributed by atoms with van der Waals surface area (Å²) in [4.78, 5) is 26.0. The van der Waals surface area contributed by atoms with Crippen molar-refractivity contribution >= 4 is 29.3 Å². The molecule has 0 aliphatic carbocycles. The summed E-state index contributed by atoms with van der Waals surface area (Å²) in [6, 6.07) is 13.3. The molecular weight excluding hydrogens is 328 g/mol. The monoisotopic (exact) mass is 350 g/mol. The van der Waals surface area contributed by atoms with Gasteiger partial charge in [-0.2, -0.15) is 0 Å². The van der Waals surface area contributed by atoms with E-state index < -0.39 is 0 Å². The lowest BCUT2D eigenvalue weighted by Gasteiger charge is -2.29. The molecule has 0 saturated heterocycles. The van der Waals surface area contributed by atoms with Crippen molar-refractivity contribution in [3.8, 4) is 5.75 Å². The average molecular weight is 350 g/mol. The van der Waals surface area contributed by atoms with Gasteiger partial charge in [-0.1, -0.05) is 36.8 Å². The smallest absolute Gasteiger partial charge is 0.265 e. The Labute approximate surface area is 153 Å². The molecular formula is C21H22N2O3. The topological polar surface area (TPSA) is 58.6 Å². The maximum Gasteiger partial charge on any atom is 0.265 e. The lowest BCUT2D eigenvalue weighted by molar-refractivity contribution is -0.121. The molecule has 0 aromatic heterocycles. The normalized spacial score (nSPS) is 13.5. The predicted molar refractivity (Wildman–Crippen MR) is 103 cm³/mol. The summed E-state index contributed by atoms with van der Waals surface area (Å²) >= 11 is 0. The summed E-state index contributed by atoms with van der Waals surface area (Å²) in [5.74, 6) is 0.365. The number of carbonyl (C=O) groups excluding carboxylic acids is 2.